The lowest BCUT2D eigenvalue weighted by atomic mass is 9.97. The molecule has 1 aliphatic carbocycles. The zero-order chi connectivity index (χ0) is 14.9. The van der Waals surface area contributed by atoms with E-state index in [-0.39, 0.29) is 0 Å². The fraction of sp³-hybridized carbons (Fsp3) is 0.824. The maximum Gasteiger partial charge on any atom is 0.203 e. The number of imidazole rings is 1. The first-order chi connectivity index (χ1) is 10.3. The number of ether oxygens (including phenoxy) is 1. The predicted octanol–water partition coefficient (Wildman–Crippen LogP) is 4.14. The molecule has 1 aromatic heterocycles. The quantitative estimate of drug-likeness (QED) is 0.768. The minimum absolute atomic E-state index is 0.595. The van der Waals surface area contributed by atoms with Crippen molar-refractivity contribution >= 4 is 5.95 Å². The number of nitrogens with zero attached hydrogens (tertiary/aromatic N) is 2. The second-order valence-electron chi connectivity index (χ2n) is 6.14. The molecule has 0 radical (unpaired) electrons. The Morgan fingerprint density at radius 3 is 2.67 bits per heavy atom. The van der Waals surface area contributed by atoms with Crippen molar-refractivity contribution < 1.29 is 4.74 Å². The summed E-state index contributed by atoms with van der Waals surface area (Å²) >= 11 is 0. The van der Waals surface area contributed by atoms with E-state index in [1.807, 2.05) is 6.92 Å². The van der Waals surface area contributed by atoms with E-state index in [4.69, 9.17) is 4.74 Å². The summed E-state index contributed by atoms with van der Waals surface area (Å²) in [6.07, 6.45) is 12.6. The number of aromatic nitrogens is 2. The zero-order valence-electron chi connectivity index (χ0n) is 13.7. The van der Waals surface area contributed by atoms with Crippen molar-refractivity contribution in [2.24, 2.45) is 0 Å². The minimum Gasteiger partial charge on any atom is -0.382 e. The SMILES string of the molecule is CCOCCCn1cc(C)nc1NC1CCCCCCC1. The number of hydrogen-bond donors (Lipinski definition) is 1. The van der Waals surface area contributed by atoms with E-state index in [1.54, 1.807) is 0 Å². The lowest BCUT2D eigenvalue weighted by Crippen LogP contribution is -2.23. The van der Waals surface area contributed by atoms with Crippen LogP contribution in [0.2, 0.25) is 0 Å². The first kappa shape index (κ1) is 16.3. The fourth-order valence-electron chi connectivity index (χ4n) is 3.10. The topological polar surface area (TPSA) is 39.1 Å². The Morgan fingerprint density at radius 1 is 1.24 bits per heavy atom. The van der Waals surface area contributed by atoms with Gasteiger partial charge in [0.15, 0.2) is 0 Å². The van der Waals surface area contributed by atoms with Crippen molar-refractivity contribution in [3.63, 3.8) is 0 Å². The van der Waals surface area contributed by atoms with Gasteiger partial charge in [0.05, 0.1) is 5.69 Å². The first-order valence-corrected chi connectivity index (χ1v) is 8.67. The number of hydrogen-bond acceptors (Lipinski definition) is 3. The Labute approximate surface area is 129 Å². The number of rotatable bonds is 7. The lowest BCUT2D eigenvalue weighted by Gasteiger charge is -2.22. The molecule has 1 fully saturated rings. The molecule has 2 rings (SSSR count). The summed E-state index contributed by atoms with van der Waals surface area (Å²) in [6, 6.07) is 0.595. The Morgan fingerprint density at radius 2 is 1.95 bits per heavy atom. The van der Waals surface area contributed by atoms with Crippen LogP contribution >= 0.6 is 0 Å². The normalized spacial score (nSPS) is 17.4. The molecule has 1 aliphatic rings. The molecule has 0 bridgehead atoms. The second-order valence-corrected chi connectivity index (χ2v) is 6.14. The standard InChI is InChI=1S/C17H31N3O/c1-3-21-13-9-12-20-14-15(2)18-17(20)19-16-10-7-5-4-6-8-11-16/h14,16H,3-13H2,1-2H3,(H,18,19). The van der Waals surface area contributed by atoms with Crippen molar-refractivity contribution in [2.45, 2.75) is 77.8 Å². The first-order valence-electron chi connectivity index (χ1n) is 8.67. The van der Waals surface area contributed by atoms with Crippen molar-refractivity contribution in [3.8, 4) is 0 Å². The zero-order valence-corrected chi connectivity index (χ0v) is 13.7. The summed E-state index contributed by atoms with van der Waals surface area (Å²) in [5.74, 6) is 1.05. The van der Waals surface area contributed by atoms with Crippen LogP contribution in [0.3, 0.4) is 0 Å². The minimum atomic E-state index is 0.595. The lowest BCUT2D eigenvalue weighted by molar-refractivity contribution is 0.142. The third-order valence-electron chi connectivity index (χ3n) is 4.23. The van der Waals surface area contributed by atoms with Gasteiger partial charge in [-0.3, -0.25) is 0 Å². The molecular formula is C17H31N3O. The summed E-state index contributed by atoms with van der Waals surface area (Å²) in [5.41, 5.74) is 1.10. The third-order valence-corrected chi connectivity index (χ3v) is 4.23. The van der Waals surface area contributed by atoms with Gasteiger partial charge in [-0.25, -0.2) is 4.98 Å². The Balaban J connectivity index is 1.88. The molecule has 0 aliphatic heterocycles. The summed E-state index contributed by atoms with van der Waals surface area (Å²) in [6.45, 7) is 6.73. The van der Waals surface area contributed by atoms with Crippen LogP contribution in [0, 0.1) is 6.92 Å². The van der Waals surface area contributed by atoms with Gasteiger partial charge in [0.2, 0.25) is 5.95 Å². The van der Waals surface area contributed by atoms with Gasteiger partial charge in [0.1, 0.15) is 0 Å². The number of anilines is 1. The largest absolute Gasteiger partial charge is 0.382 e. The van der Waals surface area contributed by atoms with E-state index in [1.165, 1.54) is 44.9 Å². The molecule has 0 atom stereocenters. The molecule has 1 saturated carbocycles. The van der Waals surface area contributed by atoms with Gasteiger partial charge in [0, 0.05) is 32.0 Å². The van der Waals surface area contributed by atoms with Crippen LogP contribution in [0.25, 0.3) is 0 Å². The van der Waals surface area contributed by atoms with Gasteiger partial charge >= 0.3 is 0 Å². The molecule has 4 nitrogen and oxygen atoms in total. The van der Waals surface area contributed by atoms with Gasteiger partial charge in [-0.05, 0) is 33.1 Å². The average molecular weight is 293 g/mol. The molecule has 0 saturated heterocycles. The monoisotopic (exact) mass is 293 g/mol. The Hall–Kier alpha value is -1.03. The van der Waals surface area contributed by atoms with Crippen LogP contribution in [0.5, 0.6) is 0 Å². The third kappa shape index (κ3) is 5.70. The molecule has 1 aromatic rings. The fourth-order valence-corrected chi connectivity index (χ4v) is 3.10. The van der Waals surface area contributed by atoms with E-state index in [0.717, 1.165) is 37.8 Å². The van der Waals surface area contributed by atoms with Gasteiger partial charge in [0.25, 0.3) is 0 Å². The summed E-state index contributed by atoms with van der Waals surface area (Å²) in [7, 11) is 0. The Bertz CT molecular complexity index is 395. The van der Waals surface area contributed by atoms with Gasteiger partial charge in [-0.1, -0.05) is 32.1 Å². The van der Waals surface area contributed by atoms with Crippen LogP contribution in [0.1, 0.15) is 64.0 Å². The summed E-state index contributed by atoms with van der Waals surface area (Å²) < 4.78 is 7.69. The number of nitrogens with one attached hydrogen (secondary N) is 1. The van der Waals surface area contributed by atoms with Gasteiger partial charge in [-0.2, -0.15) is 0 Å². The van der Waals surface area contributed by atoms with E-state index >= 15 is 0 Å². The summed E-state index contributed by atoms with van der Waals surface area (Å²) in [5, 5.41) is 3.69. The average Bonchev–Trinajstić information content (AvgIpc) is 2.78. The van der Waals surface area contributed by atoms with Crippen LogP contribution in [-0.4, -0.2) is 28.8 Å². The van der Waals surface area contributed by atoms with E-state index < -0.39 is 0 Å². The highest BCUT2D eigenvalue weighted by Gasteiger charge is 2.14. The molecular weight excluding hydrogens is 262 g/mol. The molecule has 0 spiro atoms. The molecule has 1 heterocycles. The molecule has 4 heteroatoms. The van der Waals surface area contributed by atoms with Crippen LogP contribution in [-0.2, 0) is 11.3 Å². The highest BCUT2D eigenvalue weighted by molar-refractivity contribution is 5.30. The molecule has 0 aromatic carbocycles. The molecule has 0 unspecified atom stereocenters. The van der Waals surface area contributed by atoms with E-state index in [9.17, 15) is 0 Å². The van der Waals surface area contributed by atoms with E-state index in [2.05, 4.69) is 28.0 Å². The van der Waals surface area contributed by atoms with Gasteiger partial charge < -0.3 is 14.6 Å². The van der Waals surface area contributed by atoms with Crippen molar-refractivity contribution in [1.29, 1.82) is 0 Å². The second kappa shape index (κ2) is 9.08. The van der Waals surface area contributed by atoms with Crippen LogP contribution < -0.4 is 5.32 Å². The maximum atomic E-state index is 5.43. The summed E-state index contributed by atoms with van der Waals surface area (Å²) in [4.78, 5) is 4.67. The van der Waals surface area contributed by atoms with Gasteiger partial charge in [-0.15, -0.1) is 0 Å². The molecule has 21 heavy (non-hydrogen) atoms. The molecule has 120 valence electrons. The van der Waals surface area contributed by atoms with Crippen LogP contribution in [0.4, 0.5) is 5.95 Å². The highest BCUT2D eigenvalue weighted by atomic mass is 16.5. The Kier molecular flexibility index (Phi) is 7.07. The van der Waals surface area contributed by atoms with Crippen LogP contribution in [0.15, 0.2) is 6.20 Å². The maximum absolute atomic E-state index is 5.43. The van der Waals surface area contributed by atoms with Crippen molar-refractivity contribution in [3.05, 3.63) is 11.9 Å². The van der Waals surface area contributed by atoms with Crippen molar-refractivity contribution in [1.82, 2.24) is 9.55 Å². The predicted molar refractivity (Wildman–Crippen MR) is 87.8 cm³/mol. The number of aryl methyl sites for hydroxylation is 2. The molecule has 1 N–H and O–H groups in total. The van der Waals surface area contributed by atoms with E-state index in [0.29, 0.717) is 6.04 Å². The molecule has 0 amide bonds. The smallest absolute Gasteiger partial charge is 0.203 e. The highest BCUT2D eigenvalue weighted by Crippen LogP contribution is 2.21. The van der Waals surface area contributed by atoms with Crippen molar-refractivity contribution in [2.75, 3.05) is 18.5 Å².